The van der Waals surface area contributed by atoms with E-state index in [1.807, 2.05) is 6.20 Å². The number of fused-ring (bicyclic) bond motifs is 1. The van der Waals surface area contributed by atoms with Crippen LogP contribution in [0.25, 0.3) is 12.3 Å². The molecule has 1 aliphatic rings. The Labute approximate surface area is 59.3 Å². The molecule has 0 aliphatic carbocycles. The van der Waals surface area contributed by atoms with Gasteiger partial charge >= 0.3 is 0 Å². The first-order valence-electron chi connectivity index (χ1n) is 3.46. The first-order valence-corrected chi connectivity index (χ1v) is 3.46. The van der Waals surface area contributed by atoms with Crippen molar-refractivity contribution < 1.29 is 0 Å². The van der Waals surface area contributed by atoms with Crippen LogP contribution in [0.4, 0.5) is 0 Å². The van der Waals surface area contributed by atoms with E-state index in [1.54, 1.807) is 0 Å². The maximum Gasteiger partial charge on any atom is 0.0448 e. The molecule has 0 atom stereocenters. The fourth-order valence-corrected chi connectivity index (χ4v) is 1.24. The van der Waals surface area contributed by atoms with E-state index in [4.69, 9.17) is 0 Å². The number of nitrogens with one attached hydrogen (secondary N) is 2. The zero-order valence-corrected chi connectivity index (χ0v) is 5.94. The number of aromatic amines is 1. The second-order valence-corrected chi connectivity index (χ2v) is 2.56. The van der Waals surface area contributed by atoms with E-state index in [-0.39, 0.29) is 0 Å². The molecule has 1 aromatic rings. The maximum atomic E-state index is 3.20. The molecule has 1 aromatic heterocycles. The van der Waals surface area contributed by atoms with Gasteiger partial charge in [0.05, 0.1) is 0 Å². The van der Waals surface area contributed by atoms with Gasteiger partial charge in [-0.2, -0.15) is 0 Å². The predicted molar refractivity (Wildman–Crippen MR) is 41.7 cm³/mol. The Morgan fingerprint density at radius 3 is 3.20 bits per heavy atom. The van der Waals surface area contributed by atoms with Gasteiger partial charge in [-0.1, -0.05) is 0 Å². The van der Waals surface area contributed by atoms with Crippen molar-refractivity contribution in [3.05, 3.63) is 22.3 Å². The molecule has 0 spiro atoms. The predicted octanol–water partition coefficient (Wildman–Crippen LogP) is -0.555. The lowest BCUT2D eigenvalue weighted by atomic mass is 10.2. The number of H-pyrrole nitrogens is 1. The highest BCUT2D eigenvalue weighted by Gasteiger charge is 1.95. The van der Waals surface area contributed by atoms with Crippen molar-refractivity contribution in [3.63, 3.8) is 0 Å². The summed E-state index contributed by atoms with van der Waals surface area (Å²) in [4.78, 5) is 3.20. The zero-order chi connectivity index (χ0) is 6.97. The van der Waals surface area contributed by atoms with Crippen LogP contribution < -0.4 is 15.9 Å². The molecular weight excluding hydrogens is 124 g/mol. The molecule has 2 N–H and O–H groups in total. The molecular formula is C8H10N2. The lowest BCUT2D eigenvalue weighted by Gasteiger charge is -1.97. The number of rotatable bonds is 0. The third-order valence-electron chi connectivity index (χ3n) is 1.83. The van der Waals surface area contributed by atoms with Gasteiger partial charge in [0.1, 0.15) is 0 Å². The van der Waals surface area contributed by atoms with Crippen LogP contribution in [0.1, 0.15) is 5.56 Å². The highest BCUT2D eigenvalue weighted by Crippen LogP contribution is 1.81. The van der Waals surface area contributed by atoms with Crippen molar-refractivity contribution in [1.82, 2.24) is 10.3 Å². The van der Waals surface area contributed by atoms with Gasteiger partial charge in [0, 0.05) is 29.5 Å². The van der Waals surface area contributed by atoms with Gasteiger partial charge in [0.2, 0.25) is 0 Å². The minimum Gasteiger partial charge on any atom is -0.387 e. The fraction of sp³-hybridized carbons (Fsp3) is 0.250. The minimum atomic E-state index is 0.937. The van der Waals surface area contributed by atoms with Crippen LogP contribution in [0.2, 0.25) is 0 Å². The number of hydrogen-bond acceptors (Lipinski definition) is 1. The zero-order valence-electron chi connectivity index (χ0n) is 5.94. The summed E-state index contributed by atoms with van der Waals surface area (Å²) < 4.78 is 0. The molecule has 2 rings (SSSR count). The van der Waals surface area contributed by atoms with Gasteiger partial charge in [-0.3, -0.25) is 0 Å². The first kappa shape index (κ1) is 5.59. The van der Waals surface area contributed by atoms with E-state index >= 15 is 0 Å². The Kier molecular flexibility index (Phi) is 1.07. The van der Waals surface area contributed by atoms with E-state index in [0.717, 1.165) is 6.54 Å². The molecule has 0 fully saturated rings. The SMILES string of the molecule is Cc1c[nH]c2c1=CNCC=2. The largest absolute Gasteiger partial charge is 0.387 e. The molecule has 0 saturated heterocycles. The van der Waals surface area contributed by atoms with Crippen LogP contribution in [0.5, 0.6) is 0 Å². The van der Waals surface area contributed by atoms with Gasteiger partial charge in [-0.25, -0.2) is 0 Å². The summed E-state index contributed by atoms with van der Waals surface area (Å²) in [6, 6.07) is 0. The van der Waals surface area contributed by atoms with Crippen LogP contribution in [0.3, 0.4) is 0 Å². The fourth-order valence-electron chi connectivity index (χ4n) is 1.24. The van der Waals surface area contributed by atoms with E-state index in [1.165, 1.54) is 16.1 Å². The average Bonchev–Trinajstić information content (AvgIpc) is 2.34. The molecule has 0 aromatic carbocycles. The van der Waals surface area contributed by atoms with Crippen LogP contribution in [-0.4, -0.2) is 11.5 Å². The summed E-state index contributed by atoms with van der Waals surface area (Å²) in [5.41, 5.74) is 1.30. The van der Waals surface area contributed by atoms with Crippen molar-refractivity contribution in [2.24, 2.45) is 0 Å². The third kappa shape index (κ3) is 0.652. The smallest absolute Gasteiger partial charge is 0.0448 e. The van der Waals surface area contributed by atoms with Crippen molar-refractivity contribution in [1.29, 1.82) is 0 Å². The monoisotopic (exact) mass is 134 g/mol. The molecule has 0 unspecified atom stereocenters. The Morgan fingerprint density at radius 1 is 1.50 bits per heavy atom. The van der Waals surface area contributed by atoms with Crippen molar-refractivity contribution in [3.8, 4) is 0 Å². The third-order valence-corrected chi connectivity index (χ3v) is 1.83. The van der Waals surface area contributed by atoms with Crippen LogP contribution in [0, 0.1) is 6.92 Å². The van der Waals surface area contributed by atoms with Gasteiger partial charge < -0.3 is 10.3 Å². The highest BCUT2D eigenvalue weighted by molar-refractivity contribution is 5.38. The normalized spacial score (nSPS) is 14.5. The van der Waals surface area contributed by atoms with E-state index in [2.05, 4.69) is 29.5 Å². The topological polar surface area (TPSA) is 27.8 Å². The lowest BCUT2D eigenvalue weighted by molar-refractivity contribution is 1.04. The summed E-state index contributed by atoms with van der Waals surface area (Å²) in [5.74, 6) is 0. The Morgan fingerprint density at radius 2 is 2.40 bits per heavy atom. The molecule has 52 valence electrons. The average molecular weight is 134 g/mol. The minimum absolute atomic E-state index is 0.937. The number of aryl methyl sites for hydroxylation is 1. The standard InChI is InChI=1S/C8H10N2/c1-6-4-10-8-2-3-9-5-7(6)8/h2,4-5,9-10H,3H2,1H3. The second-order valence-electron chi connectivity index (χ2n) is 2.56. The summed E-state index contributed by atoms with van der Waals surface area (Å²) in [5, 5.41) is 5.71. The summed E-state index contributed by atoms with van der Waals surface area (Å²) in [6.07, 6.45) is 6.24. The van der Waals surface area contributed by atoms with Gasteiger partial charge in [0.15, 0.2) is 0 Å². The summed E-state index contributed by atoms with van der Waals surface area (Å²) >= 11 is 0. The molecule has 0 saturated carbocycles. The quantitative estimate of drug-likeness (QED) is 0.489. The van der Waals surface area contributed by atoms with Crippen LogP contribution in [-0.2, 0) is 0 Å². The van der Waals surface area contributed by atoms with Gasteiger partial charge in [0.25, 0.3) is 0 Å². The summed E-state index contributed by atoms with van der Waals surface area (Å²) in [6.45, 7) is 3.04. The van der Waals surface area contributed by atoms with E-state index in [9.17, 15) is 0 Å². The van der Waals surface area contributed by atoms with Gasteiger partial charge in [-0.05, 0) is 18.6 Å². The molecule has 1 aliphatic heterocycles. The second kappa shape index (κ2) is 1.90. The number of hydrogen-bond donors (Lipinski definition) is 2. The molecule has 10 heavy (non-hydrogen) atoms. The van der Waals surface area contributed by atoms with E-state index in [0.29, 0.717) is 0 Å². The maximum absolute atomic E-state index is 3.20. The number of aromatic nitrogens is 1. The van der Waals surface area contributed by atoms with Crippen LogP contribution in [0.15, 0.2) is 6.20 Å². The molecule has 0 bridgehead atoms. The Bertz CT molecular complexity index is 346. The van der Waals surface area contributed by atoms with Gasteiger partial charge in [-0.15, -0.1) is 0 Å². The first-order chi connectivity index (χ1) is 4.88. The Balaban J connectivity index is 2.89. The Hall–Kier alpha value is -1.18. The molecule has 2 heterocycles. The highest BCUT2D eigenvalue weighted by atomic mass is 14.8. The van der Waals surface area contributed by atoms with Crippen molar-refractivity contribution in [2.75, 3.05) is 6.54 Å². The molecule has 2 nitrogen and oxygen atoms in total. The van der Waals surface area contributed by atoms with Crippen LogP contribution >= 0.6 is 0 Å². The molecule has 0 radical (unpaired) electrons. The molecule has 2 heteroatoms. The lowest BCUT2D eigenvalue weighted by Crippen LogP contribution is -2.32. The van der Waals surface area contributed by atoms with E-state index < -0.39 is 0 Å². The van der Waals surface area contributed by atoms with Crippen molar-refractivity contribution in [2.45, 2.75) is 6.92 Å². The molecule has 0 amide bonds. The van der Waals surface area contributed by atoms with Crippen molar-refractivity contribution >= 4 is 12.3 Å². The summed E-state index contributed by atoms with van der Waals surface area (Å²) in [7, 11) is 0.